The lowest BCUT2D eigenvalue weighted by molar-refractivity contribution is -0.573. The monoisotopic (exact) mass is 738 g/mol. The molecule has 1 N–H and O–H groups in total. The molecule has 0 spiro atoms. The highest BCUT2D eigenvalue weighted by molar-refractivity contribution is 7.02. The predicted molar refractivity (Wildman–Crippen MR) is 225 cm³/mol. The van der Waals surface area contributed by atoms with Gasteiger partial charge in [-0.3, -0.25) is 13.7 Å². The molecule has 7 heteroatoms. The molecule has 10 rings (SSSR count). The molecule has 2 aliphatic heterocycles. The number of aromatic nitrogens is 4. The molecule has 274 valence electrons. The topological polar surface area (TPSA) is 56.1 Å². The Bertz CT molecular complexity index is 2940. The minimum Gasteiger partial charge on any atom is -0.508 e. The average Bonchev–Trinajstić information content (AvgIpc) is 3.69. The Kier molecular flexibility index (Phi) is 6.76. The van der Waals surface area contributed by atoms with Crippen LogP contribution in [-0.2, 0) is 16.2 Å². The van der Waals surface area contributed by atoms with Crippen LogP contribution < -0.4 is 19.7 Å². The van der Waals surface area contributed by atoms with Crippen molar-refractivity contribution >= 4 is 51.3 Å². The standard InChI is InChI=1S/C48H46N4O2Si/c1-46(2,3)29-24-25-49-41(26-29)52-35-16-12-10-14-31(35)32-19-18-30(27-37(32)52)54-38-21-23-40-44(45(38)53)51-28-50-36-17-13-11-15-33(36)47(4,5)48(6,7)34-20-22-39(55(40,8)9)43(51)42(34)50/h10-27,53H,1-9H3. The zero-order valence-corrected chi connectivity index (χ0v) is 34.0. The van der Waals surface area contributed by atoms with Crippen molar-refractivity contribution in [3.63, 3.8) is 0 Å². The molecule has 0 unspecified atom stereocenters. The van der Waals surface area contributed by atoms with Gasteiger partial charge in [0.05, 0.1) is 27.8 Å². The Morgan fingerprint density at radius 1 is 0.764 bits per heavy atom. The second-order valence-electron chi connectivity index (χ2n) is 18.1. The molecule has 0 bridgehead atoms. The lowest BCUT2D eigenvalue weighted by Gasteiger charge is -2.43. The van der Waals surface area contributed by atoms with E-state index in [0.29, 0.717) is 11.5 Å². The van der Waals surface area contributed by atoms with Crippen molar-refractivity contribution in [3.8, 4) is 34.4 Å². The third kappa shape index (κ3) is 4.47. The van der Waals surface area contributed by atoms with Crippen molar-refractivity contribution in [1.82, 2.24) is 14.1 Å². The minimum absolute atomic E-state index is 0.0245. The van der Waals surface area contributed by atoms with E-state index >= 15 is 0 Å². The van der Waals surface area contributed by atoms with Gasteiger partial charge in [0.15, 0.2) is 11.5 Å². The van der Waals surface area contributed by atoms with Gasteiger partial charge in [-0.1, -0.05) is 116 Å². The quantitative estimate of drug-likeness (QED) is 0.112. The SMILES string of the molecule is CC(C)(C)c1ccnc(-n2c3ccccc3c3ccc(Oc4ccc5c(c4O)-n4[c-][n+]6c7c(ccc(c74)[Si]5(C)C)C(C)(C)C(C)(C)c4ccccc4-6)cc32)c1. The highest BCUT2D eigenvalue weighted by Gasteiger charge is 2.47. The van der Waals surface area contributed by atoms with Gasteiger partial charge in [-0.05, 0) is 85.8 Å². The first-order chi connectivity index (χ1) is 26.1. The van der Waals surface area contributed by atoms with Gasteiger partial charge in [-0.25, -0.2) is 4.98 Å². The lowest BCUT2D eigenvalue weighted by Crippen LogP contribution is -2.57. The van der Waals surface area contributed by atoms with Crippen molar-refractivity contribution in [2.24, 2.45) is 0 Å². The van der Waals surface area contributed by atoms with E-state index in [0.717, 1.165) is 49.7 Å². The first kappa shape index (κ1) is 33.9. The summed E-state index contributed by atoms with van der Waals surface area (Å²) in [5.41, 5.74) is 9.68. The Morgan fingerprint density at radius 2 is 1.47 bits per heavy atom. The van der Waals surface area contributed by atoms with Crippen molar-refractivity contribution in [2.75, 3.05) is 0 Å². The van der Waals surface area contributed by atoms with Crippen LogP contribution in [0.25, 0.3) is 50.0 Å². The number of fused-ring (bicyclic) bond motifs is 7. The molecule has 5 heterocycles. The lowest BCUT2D eigenvalue weighted by atomic mass is 9.61. The summed E-state index contributed by atoms with van der Waals surface area (Å²) >= 11 is 0. The van der Waals surface area contributed by atoms with Gasteiger partial charge in [0.25, 0.3) is 6.33 Å². The number of aromatic hydroxyl groups is 1. The van der Waals surface area contributed by atoms with Crippen molar-refractivity contribution in [2.45, 2.75) is 77.8 Å². The maximum atomic E-state index is 12.4. The third-order valence-electron chi connectivity index (χ3n) is 13.3. The summed E-state index contributed by atoms with van der Waals surface area (Å²) in [6.07, 6.45) is 5.68. The van der Waals surface area contributed by atoms with E-state index < -0.39 is 8.07 Å². The number of benzene rings is 5. The van der Waals surface area contributed by atoms with Gasteiger partial charge < -0.3 is 9.84 Å². The number of nitrogens with zero attached hydrogens (tertiary/aromatic N) is 4. The first-order valence-corrected chi connectivity index (χ1v) is 22.3. The molecule has 0 saturated heterocycles. The summed E-state index contributed by atoms with van der Waals surface area (Å²) in [4.78, 5) is 4.86. The normalized spacial score (nSPS) is 16.2. The number of para-hydroxylation sites is 2. The molecule has 3 aromatic heterocycles. The van der Waals surface area contributed by atoms with Gasteiger partial charge in [0, 0.05) is 23.0 Å². The van der Waals surface area contributed by atoms with E-state index in [4.69, 9.17) is 9.72 Å². The number of ether oxygens (including phenoxy) is 1. The molecule has 0 saturated carbocycles. The molecule has 55 heavy (non-hydrogen) atoms. The van der Waals surface area contributed by atoms with Gasteiger partial charge in [-0.15, -0.1) is 0 Å². The summed E-state index contributed by atoms with van der Waals surface area (Å²) in [6, 6.07) is 36.5. The maximum Gasteiger partial charge on any atom is 0.269 e. The molecule has 8 aromatic rings. The van der Waals surface area contributed by atoms with Crippen molar-refractivity contribution in [3.05, 3.63) is 132 Å². The van der Waals surface area contributed by atoms with Gasteiger partial charge in [-0.2, -0.15) is 0 Å². The molecule has 0 aliphatic carbocycles. The number of pyridine rings is 1. The fourth-order valence-electron chi connectivity index (χ4n) is 9.36. The number of rotatable bonds is 3. The van der Waals surface area contributed by atoms with E-state index in [-0.39, 0.29) is 22.0 Å². The molecule has 0 radical (unpaired) electrons. The molecular formula is C48H46N4O2Si. The number of hydrogen-bond acceptors (Lipinski definition) is 3. The van der Waals surface area contributed by atoms with Crippen molar-refractivity contribution < 1.29 is 14.4 Å². The largest absolute Gasteiger partial charge is 0.508 e. The zero-order valence-electron chi connectivity index (χ0n) is 33.0. The van der Waals surface area contributed by atoms with Gasteiger partial charge in [0.1, 0.15) is 25.3 Å². The van der Waals surface area contributed by atoms with Crippen LogP contribution in [0.1, 0.15) is 65.2 Å². The Hall–Kier alpha value is -5.66. The molecular weight excluding hydrogens is 693 g/mol. The highest BCUT2D eigenvalue weighted by Crippen LogP contribution is 2.50. The summed E-state index contributed by atoms with van der Waals surface area (Å²) in [6.45, 7) is 20.9. The molecule has 0 fully saturated rings. The summed E-state index contributed by atoms with van der Waals surface area (Å²) in [5.74, 6) is 2.03. The molecule has 2 aliphatic rings. The van der Waals surface area contributed by atoms with Crippen LogP contribution in [0.5, 0.6) is 17.2 Å². The molecule has 0 atom stereocenters. The van der Waals surface area contributed by atoms with Gasteiger partial charge >= 0.3 is 0 Å². The third-order valence-corrected chi connectivity index (χ3v) is 16.8. The summed E-state index contributed by atoms with van der Waals surface area (Å²) < 4.78 is 13.3. The number of imidazole rings is 1. The number of hydrogen-bond donors (Lipinski definition) is 1. The Labute approximate surface area is 323 Å². The molecule has 0 amide bonds. The Balaban J connectivity index is 1.16. The fourth-order valence-corrected chi connectivity index (χ4v) is 12.3. The average molecular weight is 739 g/mol. The predicted octanol–water partition coefficient (Wildman–Crippen LogP) is 9.70. The van der Waals surface area contributed by atoms with Crippen LogP contribution in [0.15, 0.2) is 109 Å². The van der Waals surface area contributed by atoms with Crippen LogP contribution in [0, 0.1) is 6.33 Å². The van der Waals surface area contributed by atoms with E-state index in [1.165, 1.54) is 27.4 Å². The van der Waals surface area contributed by atoms with E-state index in [1.54, 1.807) is 0 Å². The Morgan fingerprint density at radius 3 is 2.27 bits per heavy atom. The van der Waals surface area contributed by atoms with E-state index in [1.807, 2.05) is 18.3 Å². The van der Waals surface area contributed by atoms with E-state index in [2.05, 4.69) is 173 Å². The second-order valence-corrected chi connectivity index (χ2v) is 22.4. The smallest absolute Gasteiger partial charge is 0.269 e. The molecule has 5 aromatic carbocycles. The second kappa shape index (κ2) is 11.0. The highest BCUT2D eigenvalue weighted by atomic mass is 28.3. The summed E-state index contributed by atoms with van der Waals surface area (Å²) in [7, 11) is -2.30. The maximum absolute atomic E-state index is 12.4. The van der Waals surface area contributed by atoms with Gasteiger partial charge in [0.2, 0.25) is 0 Å². The van der Waals surface area contributed by atoms with Crippen LogP contribution in [-0.4, -0.2) is 27.3 Å². The minimum atomic E-state index is -2.30. The van der Waals surface area contributed by atoms with Crippen LogP contribution in [0.4, 0.5) is 0 Å². The molecule has 6 nitrogen and oxygen atoms in total. The summed E-state index contributed by atoms with van der Waals surface area (Å²) in [5, 5.41) is 17.2. The fraction of sp³-hybridized carbons (Fsp3) is 0.250. The van der Waals surface area contributed by atoms with E-state index in [9.17, 15) is 5.11 Å². The zero-order chi connectivity index (χ0) is 38.4. The first-order valence-electron chi connectivity index (χ1n) is 19.3. The van der Waals surface area contributed by atoms with Crippen LogP contribution >= 0.6 is 0 Å². The number of phenolic OH excluding ortho intramolecular Hbond substituents is 1. The van der Waals surface area contributed by atoms with Crippen molar-refractivity contribution in [1.29, 1.82) is 0 Å². The van der Waals surface area contributed by atoms with Crippen LogP contribution in [0.3, 0.4) is 0 Å². The van der Waals surface area contributed by atoms with Crippen LogP contribution in [0.2, 0.25) is 13.1 Å². The number of phenols is 1.